The van der Waals surface area contributed by atoms with Gasteiger partial charge in [0.1, 0.15) is 0 Å². The quantitative estimate of drug-likeness (QED) is 0.708. The van der Waals surface area contributed by atoms with Crippen LogP contribution in [0.15, 0.2) is 17.5 Å². The summed E-state index contributed by atoms with van der Waals surface area (Å²) in [4.78, 5) is 0.810. The van der Waals surface area contributed by atoms with Crippen LogP contribution in [-0.2, 0) is 0 Å². The van der Waals surface area contributed by atoms with E-state index < -0.39 is 17.8 Å². The lowest BCUT2D eigenvalue weighted by molar-refractivity contribution is 0.0977. The molecule has 0 spiro atoms. The zero-order valence-corrected chi connectivity index (χ0v) is 8.54. The molecule has 0 amide bonds. The molecule has 0 radical (unpaired) electrons. The van der Waals surface area contributed by atoms with Crippen LogP contribution in [-0.4, -0.2) is 11.3 Å². The molecule has 2 atom stereocenters. The van der Waals surface area contributed by atoms with Gasteiger partial charge >= 0.3 is 0 Å². The lowest BCUT2D eigenvalue weighted by Gasteiger charge is -1.90. The van der Waals surface area contributed by atoms with Crippen LogP contribution >= 0.6 is 27.3 Å². The number of halogens is 3. The Labute approximate surface area is 81.7 Å². The Kier molecular flexibility index (Phi) is 1.99. The molecule has 66 valence electrons. The average Bonchev–Trinajstić information content (AvgIpc) is 2.50. The summed E-state index contributed by atoms with van der Waals surface area (Å²) >= 11 is 4.52. The van der Waals surface area contributed by atoms with Crippen LogP contribution in [0.1, 0.15) is 10.8 Å². The lowest BCUT2D eigenvalue weighted by Crippen LogP contribution is -1.94. The molecule has 0 saturated heterocycles. The summed E-state index contributed by atoms with van der Waals surface area (Å²) in [7, 11) is 0. The minimum absolute atomic E-state index is 0.391. The van der Waals surface area contributed by atoms with E-state index in [1.54, 1.807) is 6.07 Å². The summed E-state index contributed by atoms with van der Waals surface area (Å²) in [6.07, 6.45) is 0. The van der Waals surface area contributed by atoms with Crippen LogP contribution in [0.2, 0.25) is 0 Å². The Morgan fingerprint density at radius 3 is 2.75 bits per heavy atom. The minimum Gasteiger partial charge on any atom is -0.206 e. The number of rotatable bonds is 2. The molecule has 1 saturated carbocycles. The first-order valence-corrected chi connectivity index (χ1v) is 5.65. The molecule has 1 aromatic rings. The first kappa shape index (κ1) is 8.63. The standard InChI is InChI=1S/C8H7BrF2S/c9-4-5-7(8(5,10)11)6-2-1-3-12-6/h1-3,5,7H,4H2. The highest BCUT2D eigenvalue weighted by Gasteiger charge is 2.68. The molecule has 0 bridgehead atoms. The summed E-state index contributed by atoms with van der Waals surface area (Å²) < 4.78 is 26.0. The van der Waals surface area contributed by atoms with Gasteiger partial charge in [-0.2, -0.15) is 0 Å². The normalized spacial score (nSPS) is 31.9. The average molecular weight is 253 g/mol. The second-order valence-electron chi connectivity index (χ2n) is 2.93. The van der Waals surface area contributed by atoms with Gasteiger partial charge in [0.15, 0.2) is 0 Å². The summed E-state index contributed by atoms with van der Waals surface area (Å²) in [5.74, 6) is -3.50. The van der Waals surface area contributed by atoms with Crippen molar-refractivity contribution in [3.63, 3.8) is 0 Å². The molecular formula is C8H7BrF2S. The highest BCUT2D eigenvalue weighted by molar-refractivity contribution is 9.09. The Hall–Kier alpha value is 0.0400. The van der Waals surface area contributed by atoms with Gasteiger partial charge < -0.3 is 0 Å². The van der Waals surface area contributed by atoms with Gasteiger partial charge in [-0.15, -0.1) is 11.3 Å². The molecule has 1 aliphatic carbocycles. The van der Waals surface area contributed by atoms with Gasteiger partial charge in [0, 0.05) is 16.1 Å². The summed E-state index contributed by atoms with van der Waals surface area (Å²) in [5.41, 5.74) is 0. The molecular weight excluding hydrogens is 246 g/mol. The third-order valence-electron chi connectivity index (χ3n) is 2.22. The van der Waals surface area contributed by atoms with E-state index in [0.717, 1.165) is 4.88 Å². The van der Waals surface area contributed by atoms with Gasteiger partial charge in [0.25, 0.3) is 5.92 Å². The summed E-state index contributed by atoms with van der Waals surface area (Å²) in [6.45, 7) is 0. The second-order valence-corrected chi connectivity index (χ2v) is 4.56. The zero-order valence-electron chi connectivity index (χ0n) is 6.14. The summed E-state index contributed by atoms with van der Waals surface area (Å²) in [5, 5.41) is 2.23. The van der Waals surface area contributed by atoms with E-state index in [1.807, 2.05) is 11.4 Å². The molecule has 2 rings (SSSR count). The van der Waals surface area contributed by atoms with E-state index >= 15 is 0 Å². The predicted octanol–water partition coefficient (Wildman–Crippen LogP) is 3.49. The van der Waals surface area contributed by atoms with Crippen molar-refractivity contribution >= 4 is 27.3 Å². The zero-order chi connectivity index (χ0) is 8.77. The SMILES string of the molecule is FC1(F)C(CBr)C1c1cccs1. The topological polar surface area (TPSA) is 0 Å². The van der Waals surface area contributed by atoms with Gasteiger partial charge in [0.05, 0.1) is 5.92 Å². The first-order chi connectivity index (χ1) is 5.68. The first-order valence-electron chi connectivity index (χ1n) is 3.65. The highest BCUT2D eigenvalue weighted by atomic mass is 79.9. The van der Waals surface area contributed by atoms with E-state index in [0.29, 0.717) is 5.33 Å². The highest BCUT2D eigenvalue weighted by Crippen LogP contribution is 2.62. The fourth-order valence-electron chi connectivity index (χ4n) is 1.44. The number of alkyl halides is 3. The largest absolute Gasteiger partial charge is 0.260 e. The molecule has 0 N–H and O–H groups in total. The van der Waals surface area contributed by atoms with Crippen LogP contribution in [0, 0.1) is 5.92 Å². The molecule has 12 heavy (non-hydrogen) atoms. The van der Waals surface area contributed by atoms with Gasteiger partial charge in [-0.3, -0.25) is 0 Å². The minimum atomic E-state index is -2.48. The number of thiophene rings is 1. The number of hydrogen-bond donors (Lipinski definition) is 0. The van der Waals surface area contributed by atoms with Crippen LogP contribution in [0.3, 0.4) is 0 Å². The third kappa shape index (κ3) is 1.12. The predicted molar refractivity (Wildman–Crippen MR) is 49.3 cm³/mol. The molecule has 0 aliphatic heterocycles. The van der Waals surface area contributed by atoms with Gasteiger partial charge in [-0.25, -0.2) is 8.78 Å². The molecule has 1 aliphatic rings. The third-order valence-corrected chi connectivity index (χ3v) is 3.87. The molecule has 0 aromatic carbocycles. The molecule has 1 aromatic heterocycles. The Morgan fingerprint density at radius 1 is 1.58 bits per heavy atom. The fourth-order valence-corrected chi connectivity index (χ4v) is 3.18. The Bertz CT molecular complexity index is 271. The second kappa shape index (κ2) is 2.77. The monoisotopic (exact) mass is 252 g/mol. The van der Waals surface area contributed by atoms with Crippen LogP contribution in [0.4, 0.5) is 8.78 Å². The van der Waals surface area contributed by atoms with Gasteiger partial charge in [0.2, 0.25) is 0 Å². The van der Waals surface area contributed by atoms with Crippen molar-refractivity contribution in [2.75, 3.05) is 5.33 Å². The van der Waals surface area contributed by atoms with Crippen LogP contribution in [0.25, 0.3) is 0 Å². The van der Waals surface area contributed by atoms with E-state index in [-0.39, 0.29) is 0 Å². The van der Waals surface area contributed by atoms with Crippen molar-refractivity contribution < 1.29 is 8.78 Å². The Balaban J connectivity index is 2.19. The van der Waals surface area contributed by atoms with Gasteiger partial charge in [-0.1, -0.05) is 22.0 Å². The van der Waals surface area contributed by atoms with Gasteiger partial charge in [-0.05, 0) is 11.4 Å². The molecule has 2 unspecified atom stereocenters. The van der Waals surface area contributed by atoms with Crippen LogP contribution in [0.5, 0.6) is 0 Å². The van der Waals surface area contributed by atoms with Crippen molar-refractivity contribution in [3.05, 3.63) is 22.4 Å². The van der Waals surface area contributed by atoms with E-state index in [1.165, 1.54) is 11.3 Å². The smallest absolute Gasteiger partial charge is 0.206 e. The molecule has 4 heteroatoms. The van der Waals surface area contributed by atoms with Crippen molar-refractivity contribution in [3.8, 4) is 0 Å². The molecule has 0 nitrogen and oxygen atoms in total. The molecule has 1 heterocycles. The maximum atomic E-state index is 13.0. The fraction of sp³-hybridized carbons (Fsp3) is 0.500. The van der Waals surface area contributed by atoms with Crippen molar-refractivity contribution in [2.24, 2.45) is 5.92 Å². The van der Waals surface area contributed by atoms with Crippen molar-refractivity contribution in [2.45, 2.75) is 11.8 Å². The molecule has 1 fully saturated rings. The van der Waals surface area contributed by atoms with Crippen LogP contribution < -0.4 is 0 Å². The van der Waals surface area contributed by atoms with Crippen molar-refractivity contribution in [1.82, 2.24) is 0 Å². The van der Waals surface area contributed by atoms with E-state index in [4.69, 9.17) is 0 Å². The van der Waals surface area contributed by atoms with E-state index in [9.17, 15) is 8.78 Å². The number of hydrogen-bond acceptors (Lipinski definition) is 1. The van der Waals surface area contributed by atoms with Crippen molar-refractivity contribution in [1.29, 1.82) is 0 Å². The Morgan fingerprint density at radius 2 is 2.33 bits per heavy atom. The maximum Gasteiger partial charge on any atom is 0.260 e. The maximum absolute atomic E-state index is 13.0. The summed E-state index contributed by atoms with van der Waals surface area (Å²) in [6, 6.07) is 3.60. The lowest BCUT2D eigenvalue weighted by atomic mass is 10.3. The van der Waals surface area contributed by atoms with E-state index in [2.05, 4.69) is 15.9 Å².